The number of hydrogen-bond acceptors (Lipinski definition) is 3. The molecule has 0 amide bonds. The molecule has 0 aliphatic carbocycles. The first-order chi connectivity index (χ1) is 16.2. The molecule has 2 aromatic rings. The van der Waals surface area contributed by atoms with Gasteiger partial charge in [0.15, 0.2) is 0 Å². The van der Waals surface area contributed by atoms with Crippen molar-refractivity contribution in [3.63, 3.8) is 0 Å². The number of hydrogen-bond donors (Lipinski definition) is 0. The van der Waals surface area contributed by atoms with E-state index in [0.717, 1.165) is 24.3 Å². The van der Waals surface area contributed by atoms with Gasteiger partial charge in [0.1, 0.15) is 11.5 Å². The monoisotopic (exact) mass is 452 g/mol. The molecule has 3 nitrogen and oxygen atoms in total. The average molecular weight is 453 g/mol. The second-order valence-electron chi connectivity index (χ2n) is 9.17. The van der Waals surface area contributed by atoms with Crippen LogP contribution in [0.3, 0.4) is 0 Å². The molecule has 0 aliphatic rings. The molecule has 0 fully saturated rings. The standard InChI is InChI=1S/C30H44O3/c1-3-4-5-6-7-8-9-10-11-12-13-14-15-16-25-32-28-23-19-27(20-24-28)30(31)33-29-21-17-26(2)18-22-29/h17-24H,3-16,25H2,1-2H3. The van der Waals surface area contributed by atoms with Gasteiger partial charge >= 0.3 is 5.97 Å². The normalized spacial score (nSPS) is 10.8. The Morgan fingerprint density at radius 2 is 1.06 bits per heavy atom. The molecule has 0 radical (unpaired) electrons. The van der Waals surface area contributed by atoms with E-state index in [0.29, 0.717) is 11.3 Å². The lowest BCUT2D eigenvalue weighted by molar-refractivity contribution is 0.0734. The molecule has 0 bridgehead atoms. The van der Waals surface area contributed by atoms with Crippen molar-refractivity contribution in [2.45, 2.75) is 104 Å². The molecule has 182 valence electrons. The fraction of sp³-hybridized carbons (Fsp3) is 0.567. The van der Waals surface area contributed by atoms with Gasteiger partial charge in [-0.25, -0.2) is 4.79 Å². The number of benzene rings is 2. The summed E-state index contributed by atoms with van der Waals surface area (Å²) in [5.74, 6) is 1.01. The zero-order chi connectivity index (χ0) is 23.6. The second kappa shape index (κ2) is 17.2. The first-order valence-corrected chi connectivity index (χ1v) is 13.2. The number of carbonyl (C=O) groups excluding carboxylic acids is 1. The van der Waals surface area contributed by atoms with Crippen LogP contribution in [-0.2, 0) is 0 Å². The molecule has 0 atom stereocenters. The molecule has 0 aliphatic heterocycles. The summed E-state index contributed by atoms with van der Waals surface area (Å²) >= 11 is 0. The van der Waals surface area contributed by atoms with Gasteiger partial charge in [-0.15, -0.1) is 0 Å². The van der Waals surface area contributed by atoms with Crippen molar-refractivity contribution in [3.8, 4) is 11.5 Å². The van der Waals surface area contributed by atoms with E-state index in [9.17, 15) is 4.79 Å². The third-order valence-electron chi connectivity index (χ3n) is 6.09. The molecular weight excluding hydrogens is 408 g/mol. The van der Waals surface area contributed by atoms with E-state index in [4.69, 9.17) is 9.47 Å². The van der Waals surface area contributed by atoms with E-state index < -0.39 is 0 Å². The molecule has 0 unspecified atom stereocenters. The van der Waals surface area contributed by atoms with Gasteiger partial charge in [0.2, 0.25) is 0 Å². The quantitative estimate of drug-likeness (QED) is 0.128. The Morgan fingerprint density at radius 3 is 1.58 bits per heavy atom. The van der Waals surface area contributed by atoms with E-state index in [2.05, 4.69) is 6.92 Å². The van der Waals surface area contributed by atoms with Crippen LogP contribution in [0.15, 0.2) is 48.5 Å². The lowest BCUT2D eigenvalue weighted by atomic mass is 10.0. The highest BCUT2D eigenvalue weighted by Crippen LogP contribution is 2.17. The summed E-state index contributed by atoms with van der Waals surface area (Å²) in [4.78, 5) is 12.3. The number of carbonyl (C=O) groups is 1. The van der Waals surface area contributed by atoms with Crippen LogP contribution >= 0.6 is 0 Å². The molecule has 0 heterocycles. The summed E-state index contributed by atoms with van der Waals surface area (Å²) in [5.41, 5.74) is 1.66. The SMILES string of the molecule is CCCCCCCCCCCCCCCCOc1ccc(C(=O)Oc2ccc(C)cc2)cc1. The molecule has 0 saturated heterocycles. The molecule has 33 heavy (non-hydrogen) atoms. The van der Waals surface area contributed by atoms with Crippen LogP contribution in [-0.4, -0.2) is 12.6 Å². The van der Waals surface area contributed by atoms with Crippen molar-refractivity contribution >= 4 is 5.97 Å². The van der Waals surface area contributed by atoms with E-state index in [1.54, 1.807) is 24.3 Å². The van der Waals surface area contributed by atoms with Gasteiger partial charge in [-0.1, -0.05) is 108 Å². The molecule has 3 heteroatoms. The highest BCUT2D eigenvalue weighted by molar-refractivity contribution is 5.91. The Balaban J connectivity index is 1.45. The largest absolute Gasteiger partial charge is 0.494 e. The summed E-state index contributed by atoms with van der Waals surface area (Å²) < 4.78 is 11.2. The Kier molecular flexibility index (Phi) is 14.1. The van der Waals surface area contributed by atoms with Crippen molar-refractivity contribution < 1.29 is 14.3 Å². The lowest BCUT2D eigenvalue weighted by Crippen LogP contribution is -2.08. The van der Waals surface area contributed by atoms with Crippen molar-refractivity contribution in [2.75, 3.05) is 6.61 Å². The fourth-order valence-electron chi connectivity index (χ4n) is 3.95. The smallest absolute Gasteiger partial charge is 0.343 e. The van der Waals surface area contributed by atoms with Gasteiger partial charge in [-0.05, 0) is 49.7 Å². The molecule has 2 rings (SSSR count). The minimum absolute atomic E-state index is 0.350. The van der Waals surface area contributed by atoms with Crippen molar-refractivity contribution in [3.05, 3.63) is 59.7 Å². The second-order valence-corrected chi connectivity index (χ2v) is 9.17. The van der Waals surface area contributed by atoms with Crippen LogP contribution in [0.4, 0.5) is 0 Å². The first kappa shape index (κ1) is 27.0. The van der Waals surface area contributed by atoms with Crippen LogP contribution in [0, 0.1) is 6.92 Å². The predicted molar refractivity (Wildman–Crippen MR) is 138 cm³/mol. The topological polar surface area (TPSA) is 35.5 Å². The lowest BCUT2D eigenvalue weighted by Gasteiger charge is -2.08. The third-order valence-corrected chi connectivity index (χ3v) is 6.09. The minimum Gasteiger partial charge on any atom is -0.494 e. The number of aryl methyl sites for hydroxylation is 1. The average Bonchev–Trinajstić information content (AvgIpc) is 2.83. The van der Waals surface area contributed by atoms with Crippen molar-refractivity contribution in [1.29, 1.82) is 0 Å². The Morgan fingerprint density at radius 1 is 0.606 bits per heavy atom. The van der Waals surface area contributed by atoms with Gasteiger partial charge in [-0.3, -0.25) is 0 Å². The van der Waals surface area contributed by atoms with E-state index >= 15 is 0 Å². The third kappa shape index (κ3) is 12.5. The molecule has 0 N–H and O–H groups in total. The van der Waals surface area contributed by atoms with Crippen LogP contribution in [0.2, 0.25) is 0 Å². The molecular formula is C30H44O3. The Labute approximate surface area is 201 Å². The van der Waals surface area contributed by atoms with Crippen molar-refractivity contribution in [2.24, 2.45) is 0 Å². The van der Waals surface area contributed by atoms with Crippen molar-refractivity contribution in [1.82, 2.24) is 0 Å². The number of rotatable bonds is 18. The maximum absolute atomic E-state index is 12.3. The molecule has 2 aromatic carbocycles. The highest BCUT2D eigenvalue weighted by atomic mass is 16.5. The predicted octanol–water partition coefficient (Wildman–Crippen LogP) is 9.07. The Bertz CT molecular complexity index is 749. The fourth-order valence-corrected chi connectivity index (χ4v) is 3.95. The minimum atomic E-state index is -0.350. The van der Waals surface area contributed by atoms with E-state index in [1.807, 2.05) is 31.2 Å². The zero-order valence-corrected chi connectivity index (χ0v) is 21.0. The molecule has 0 spiro atoms. The maximum atomic E-state index is 12.3. The highest BCUT2D eigenvalue weighted by Gasteiger charge is 2.08. The molecule has 0 saturated carbocycles. The number of unbranched alkanes of at least 4 members (excludes halogenated alkanes) is 13. The summed E-state index contributed by atoms with van der Waals surface area (Å²) in [6.45, 7) is 5.01. The molecule has 0 aromatic heterocycles. The van der Waals surface area contributed by atoms with E-state index in [1.165, 1.54) is 83.5 Å². The summed E-state index contributed by atoms with van der Waals surface area (Å²) in [7, 11) is 0. The van der Waals surface area contributed by atoms with Gasteiger partial charge in [-0.2, -0.15) is 0 Å². The van der Waals surface area contributed by atoms with Crippen LogP contribution < -0.4 is 9.47 Å². The van der Waals surface area contributed by atoms with Crippen LogP contribution in [0.25, 0.3) is 0 Å². The summed E-state index contributed by atoms with van der Waals surface area (Å²) in [6.07, 6.45) is 19.0. The van der Waals surface area contributed by atoms with Gasteiger partial charge in [0, 0.05) is 0 Å². The Hall–Kier alpha value is -2.29. The summed E-state index contributed by atoms with van der Waals surface area (Å²) in [6, 6.07) is 14.7. The first-order valence-electron chi connectivity index (χ1n) is 13.2. The van der Waals surface area contributed by atoms with E-state index in [-0.39, 0.29) is 5.97 Å². The summed E-state index contributed by atoms with van der Waals surface area (Å²) in [5, 5.41) is 0. The van der Waals surface area contributed by atoms with Gasteiger partial charge in [0.05, 0.1) is 12.2 Å². The van der Waals surface area contributed by atoms with Crippen LogP contribution in [0.1, 0.15) is 113 Å². The zero-order valence-electron chi connectivity index (χ0n) is 21.0. The van der Waals surface area contributed by atoms with Gasteiger partial charge < -0.3 is 9.47 Å². The van der Waals surface area contributed by atoms with Gasteiger partial charge in [0.25, 0.3) is 0 Å². The van der Waals surface area contributed by atoms with Crippen LogP contribution in [0.5, 0.6) is 11.5 Å². The maximum Gasteiger partial charge on any atom is 0.343 e. The number of esters is 1. The number of ether oxygens (including phenoxy) is 2.